The highest BCUT2D eigenvalue weighted by Crippen LogP contribution is 2.45. The van der Waals surface area contributed by atoms with Crippen LogP contribution in [0.1, 0.15) is 32.1 Å². The summed E-state index contributed by atoms with van der Waals surface area (Å²) in [6.07, 6.45) is 0.917. The summed E-state index contributed by atoms with van der Waals surface area (Å²) in [7, 11) is -3.34. The normalized spacial score (nSPS) is 22.1. The van der Waals surface area contributed by atoms with Crippen LogP contribution in [-0.2, 0) is 16.6 Å². The molecule has 4 nitrogen and oxygen atoms in total. The van der Waals surface area contributed by atoms with Crippen LogP contribution in [0.4, 0.5) is 0 Å². The first kappa shape index (κ1) is 14.0. The topological polar surface area (TPSA) is 58.2 Å². The second-order valence-electron chi connectivity index (χ2n) is 5.40. The lowest BCUT2D eigenvalue weighted by Crippen LogP contribution is -2.28. The number of rotatable bonds is 6. The van der Waals surface area contributed by atoms with E-state index in [-0.39, 0.29) is 11.5 Å². The van der Waals surface area contributed by atoms with Gasteiger partial charge in [0.15, 0.2) is 0 Å². The Morgan fingerprint density at radius 2 is 2.17 bits per heavy atom. The van der Waals surface area contributed by atoms with Gasteiger partial charge in [-0.25, -0.2) is 13.1 Å². The minimum absolute atomic E-state index is 0.0830. The highest BCUT2D eigenvalue weighted by molar-refractivity contribution is 7.89. The number of hydrogen-bond acceptors (Lipinski definition) is 4. The van der Waals surface area contributed by atoms with Crippen molar-refractivity contribution in [1.29, 1.82) is 0 Å². The van der Waals surface area contributed by atoms with Gasteiger partial charge >= 0.3 is 0 Å². The van der Waals surface area contributed by atoms with Crippen LogP contribution in [0, 0.1) is 5.41 Å². The molecule has 0 amide bonds. The van der Waals surface area contributed by atoms with E-state index in [0.717, 1.165) is 24.4 Å². The molecule has 1 aromatic rings. The largest absolute Gasteiger partial charge is 0.312 e. The zero-order valence-electron chi connectivity index (χ0n) is 11.0. The van der Waals surface area contributed by atoms with Gasteiger partial charge in [-0.1, -0.05) is 20.8 Å². The molecule has 1 unspecified atom stereocenters. The molecule has 1 saturated carbocycles. The van der Waals surface area contributed by atoms with Gasteiger partial charge in [-0.15, -0.1) is 11.3 Å². The highest BCUT2D eigenvalue weighted by atomic mass is 32.2. The van der Waals surface area contributed by atoms with Gasteiger partial charge in [-0.05, 0) is 24.4 Å². The fraction of sp³-hybridized carbons (Fsp3) is 0.667. The maximum Gasteiger partial charge on any atom is 0.241 e. The molecule has 1 aromatic heterocycles. The fourth-order valence-corrected chi connectivity index (χ4v) is 4.42. The van der Waals surface area contributed by atoms with Gasteiger partial charge in [0.1, 0.15) is 0 Å². The molecule has 1 heterocycles. The average molecular weight is 288 g/mol. The van der Waals surface area contributed by atoms with E-state index >= 15 is 0 Å². The fourth-order valence-electron chi connectivity index (χ4n) is 1.77. The molecule has 1 atom stereocenters. The predicted molar refractivity (Wildman–Crippen MR) is 74.2 cm³/mol. The molecule has 0 aromatic carbocycles. The van der Waals surface area contributed by atoms with Crippen molar-refractivity contribution in [2.75, 3.05) is 6.54 Å². The molecular formula is C12H20N2O2S2. The first-order chi connectivity index (χ1) is 8.35. The maximum atomic E-state index is 12.1. The molecular weight excluding hydrogens is 268 g/mol. The van der Waals surface area contributed by atoms with Crippen LogP contribution in [0.2, 0.25) is 0 Å². The van der Waals surface area contributed by atoms with Crippen LogP contribution >= 0.6 is 11.3 Å². The Bertz CT molecular complexity index is 520. The van der Waals surface area contributed by atoms with Gasteiger partial charge in [0.05, 0.1) is 4.90 Å². The maximum absolute atomic E-state index is 12.1. The summed E-state index contributed by atoms with van der Waals surface area (Å²) >= 11 is 1.48. The molecule has 6 heteroatoms. The zero-order chi connectivity index (χ0) is 13.4. The van der Waals surface area contributed by atoms with Crippen LogP contribution in [0.15, 0.2) is 16.3 Å². The van der Waals surface area contributed by atoms with E-state index < -0.39 is 10.0 Å². The van der Waals surface area contributed by atoms with Crippen molar-refractivity contribution < 1.29 is 8.42 Å². The van der Waals surface area contributed by atoms with Crippen molar-refractivity contribution in [3.8, 4) is 0 Å². The van der Waals surface area contributed by atoms with E-state index in [2.05, 4.69) is 23.9 Å². The van der Waals surface area contributed by atoms with Crippen molar-refractivity contribution in [2.45, 2.75) is 44.7 Å². The molecule has 0 saturated heterocycles. The predicted octanol–water partition coefficient (Wildman–Crippen LogP) is 1.93. The van der Waals surface area contributed by atoms with Crippen LogP contribution in [-0.4, -0.2) is 21.0 Å². The summed E-state index contributed by atoms with van der Waals surface area (Å²) < 4.78 is 27.0. The SMILES string of the molecule is CCNCc1cc(S(=O)(=O)NC2CC2(C)C)cs1. The second kappa shape index (κ2) is 4.92. The lowest BCUT2D eigenvalue weighted by molar-refractivity contribution is 0.555. The van der Waals surface area contributed by atoms with E-state index in [1.165, 1.54) is 11.3 Å². The van der Waals surface area contributed by atoms with E-state index in [0.29, 0.717) is 4.90 Å². The van der Waals surface area contributed by atoms with Gasteiger partial charge in [-0.3, -0.25) is 0 Å². The molecule has 102 valence electrons. The molecule has 0 aliphatic heterocycles. The van der Waals surface area contributed by atoms with Gasteiger partial charge in [-0.2, -0.15) is 0 Å². The van der Waals surface area contributed by atoms with E-state index in [4.69, 9.17) is 0 Å². The van der Waals surface area contributed by atoms with Crippen LogP contribution in [0.5, 0.6) is 0 Å². The van der Waals surface area contributed by atoms with Crippen LogP contribution in [0.3, 0.4) is 0 Å². The van der Waals surface area contributed by atoms with E-state index in [1.54, 1.807) is 11.4 Å². The average Bonchev–Trinajstić information content (AvgIpc) is 2.71. The summed E-state index contributed by atoms with van der Waals surface area (Å²) in [6.45, 7) is 7.79. The second-order valence-corrected chi connectivity index (χ2v) is 8.11. The molecule has 0 spiro atoms. The van der Waals surface area contributed by atoms with Gasteiger partial charge in [0.2, 0.25) is 10.0 Å². The summed E-state index contributed by atoms with van der Waals surface area (Å²) in [5, 5.41) is 4.90. The minimum atomic E-state index is -3.34. The third-order valence-electron chi connectivity index (χ3n) is 3.30. The number of nitrogens with one attached hydrogen (secondary N) is 2. The zero-order valence-corrected chi connectivity index (χ0v) is 12.6. The monoisotopic (exact) mass is 288 g/mol. The first-order valence-corrected chi connectivity index (χ1v) is 8.52. The molecule has 0 radical (unpaired) electrons. The summed E-state index contributed by atoms with van der Waals surface area (Å²) in [5.41, 5.74) is 0.107. The summed E-state index contributed by atoms with van der Waals surface area (Å²) in [6, 6.07) is 1.84. The summed E-state index contributed by atoms with van der Waals surface area (Å²) in [5.74, 6) is 0. The molecule has 18 heavy (non-hydrogen) atoms. The Morgan fingerprint density at radius 1 is 1.50 bits per heavy atom. The molecule has 2 rings (SSSR count). The third kappa shape index (κ3) is 3.12. The lowest BCUT2D eigenvalue weighted by atomic mass is 10.2. The molecule has 1 aliphatic rings. The first-order valence-electron chi connectivity index (χ1n) is 6.15. The molecule has 1 aliphatic carbocycles. The minimum Gasteiger partial charge on any atom is -0.312 e. The van der Waals surface area contributed by atoms with Crippen LogP contribution < -0.4 is 10.0 Å². The quantitative estimate of drug-likeness (QED) is 0.841. The molecule has 0 bridgehead atoms. The third-order valence-corrected chi connectivity index (χ3v) is 5.84. The Kier molecular flexibility index (Phi) is 3.82. The Labute approximate surface area is 113 Å². The summed E-state index contributed by atoms with van der Waals surface area (Å²) in [4.78, 5) is 1.44. The number of hydrogen-bond donors (Lipinski definition) is 2. The highest BCUT2D eigenvalue weighted by Gasteiger charge is 2.47. The molecule has 1 fully saturated rings. The number of thiophene rings is 1. The smallest absolute Gasteiger partial charge is 0.241 e. The lowest BCUT2D eigenvalue weighted by Gasteiger charge is -2.06. The van der Waals surface area contributed by atoms with Crippen molar-refractivity contribution in [3.63, 3.8) is 0 Å². The molecule has 2 N–H and O–H groups in total. The Morgan fingerprint density at radius 3 is 2.72 bits per heavy atom. The standard InChI is InChI=1S/C12H20N2O2S2/c1-4-13-7-9-5-10(8-17-9)18(15,16)14-11-6-12(11,2)3/h5,8,11,13-14H,4,6-7H2,1-3H3. The van der Waals surface area contributed by atoms with Crippen molar-refractivity contribution >= 4 is 21.4 Å². The van der Waals surface area contributed by atoms with E-state index in [1.807, 2.05) is 6.92 Å². The van der Waals surface area contributed by atoms with Crippen LogP contribution in [0.25, 0.3) is 0 Å². The van der Waals surface area contributed by atoms with Gasteiger partial charge in [0, 0.05) is 22.8 Å². The van der Waals surface area contributed by atoms with Gasteiger partial charge < -0.3 is 5.32 Å². The van der Waals surface area contributed by atoms with Crippen molar-refractivity contribution in [2.24, 2.45) is 5.41 Å². The van der Waals surface area contributed by atoms with Crippen molar-refractivity contribution in [1.82, 2.24) is 10.0 Å². The van der Waals surface area contributed by atoms with Crippen molar-refractivity contribution in [3.05, 3.63) is 16.3 Å². The Balaban J connectivity index is 2.03. The Hall–Kier alpha value is -0.430. The van der Waals surface area contributed by atoms with E-state index in [9.17, 15) is 8.42 Å². The van der Waals surface area contributed by atoms with Gasteiger partial charge in [0.25, 0.3) is 0 Å². The number of sulfonamides is 1.